The molecule has 1 unspecified atom stereocenters. The zero-order valence-electron chi connectivity index (χ0n) is 13.2. The van der Waals surface area contributed by atoms with Gasteiger partial charge in [0.1, 0.15) is 0 Å². The molecule has 2 N–H and O–H groups in total. The summed E-state index contributed by atoms with van der Waals surface area (Å²) in [5.74, 6) is 0.264. The fraction of sp³-hybridized carbons (Fsp3) is 0.875. The van der Waals surface area contributed by atoms with Crippen molar-refractivity contribution in [3.63, 3.8) is 0 Å². The minimum atomic E-state index is 0.0455. The molecule has 0 aromatic rings. The molecule has 0 aromatic carbocycles. The van der Waals surface area contributed by atoms with Gasteiger partial charge in [0.25, 0.3) is 0 Å². The van der Waals surface area contributed by atoms with Crippen LogP contribution in [0.5, 0.6) is 0 Å². The Morgan fingerprint density at radius 2 is 1.71 bits per heavy atom. The first kappa shape index (κ1) is 16.3. The minimum absolute atomic E-state index is 0.0455. The topological polar surface area (TPSA) is 61.4 Å². The van der Waals surface area contributed by atoms with E-state index in [9.17, 15) is 9.59 Å². The fourth-order valence-corrected chi connectivity index (χ4v) is 3.47. The van der Waals surface area contributed by atoms with Crippen molar-refractivity contribution in [3.05, 3.63) is 0 Å². The molecule has 5 heteroatoms. The smallest absolute Gasteiger partial charge is 0.234 e. The molecule has 1 heterocycles. The van der Waals surface area contributed by atoms with Crippen molar-refractivity contribution >= 4 is 11.8 Å². The Balaban J connectivity index is 1.70. The highest BCUT2D eigenvalue weighted by Gasteiger charge is 2.28. The molecule has 0 radical (unpaired) electrons. The summed E-state index contributed by atoms with van der Waals surface area (Å²) < 4.78 is 0. The van der Waals surface area contributed by atoms with Gasteiger partial charge in [-0.2, -0.15) is 0 Å². The van der Waals surface area contributed by atoms with Crippen molar-refractivity contribution in [2.75, 3.05) is 26.7 Å². The molecule has 1 saturated heterocycles. The maximum Gasteiger partial charge on any atom is 0.234 e. The molecule has 1 saturated carbocycles. The Bertz CT molecular complexity index is 351. The first-order valence-electron chi connectivity index (χ1n) is 8.42. The van der Waals surface area contributed by atoms with Crippen LogP contribution in [0.4, 0.5) is 0 Å². The second-order valence-corrected chi connectivity index (χ2v) is 6.44. The third-order valence-electron chi connectivity index (χ3n) is 4.73. The van der Waals surface area contributed by atoms with E-state index in [-0.39, 0.29) is 17.7 Å². The van der Waals surface area contributed by atoms with E-state index >= 15 is 0 Å². The molecule has 120 valence electrons. The number of rotatable bonds is 4. The fourth-order valence-electron chi connectivity index (χ4n) is 3.47. The van der Waals surface area contributed by atoms with Crippen LogP contribution in [-0.2, 0) is 9.59 Å². The van der Waals surface area contributed by atoms with E-state index in [1.54, 1.807) is 7.05 Å². The van der Waals surface area contributed by atoms with Gasteiger partial charge >= 0.3 is 0 Å². The molecule has 1 aliphatic heterocycles. The number of nitrogens with one attached hydrogen (secondary N) is 2. The lowest BCUT2D eigenvalue weighted by atomic mass is 9.97. The van der Waals surface area contributed by atoms with E-state index in [1.807, 2.05) is 0 Å². The van der Waals surface area contributed by atoms with Gasteiger partial charge in [0.2, 0.25) is 11.8 Å². The van der Waals surface area contributed by atoms with Crippen molar-refractivity contribution in [2.45, 2.75) is 57.4 Å². The van der Waals surface area contributed by atoms with Crippen LogP contribution in [-0.4, -0.2) is 49.4 Å². The van der Waals surface area contributed by atoms with Gasteiger partial charge in [-0.25, -0.2) is 0 Å². The van der Waals surface area contributed by atoms with Gasteiger partial charge in [-0.3, -0.25) is 14.5 Å². The summed E-state index contributed by atoms with van der Waals surface area (Å²) in [4.78, 5) is 25.8. The molecule has 2 rings (SSSR count). The molecule has 0 spiro atoms. The van der Waals surface area contributed by atoms with Crippen LogP contribution < -0.4 is 10.6 Å². The lowest BCUT2D eigenvalue weighted by Crippen LogP contribution is -2.42. The highest BCUT2D eigenvalue weighted by atomic mass is 16.2. The molecule has 5 nitrogen and oxygen atoms in total. The van der Waals surface area contributed by atoms with Crippen molar-refractivity contribution < 1.29 is 9.59 Å². The standard InChI is InChI=1S/C16H29N3O2/c1-17-16(21)13-9-10-19(11-13)12-15(20)18-14-7-5-3-2-4-6-8-14/h13-14H,2-12H2,1H3,(H,17,21)(H,18,20). The quantitative estimate of drug-likeness (QED) is 0.821. The molecule has 2 aliphatic rings. The SMILES string of the molecule is CNC(=O)C1CCN(CC(=O)NC2CCCCCCC2)C1. The van der Waals surface area contributed by atoms with Crippen LogP contribution in [0.25, 0.3) is 0 Å². The number of hydrogen-bond acceptors (Lipinski definition) is 3. The minimum Gasteiger partial charge on any atom is -0.359 e. The highest BCUT2D eigenvalue weighted by Crippen LogP contribution is 2.18. The van der Waals surface area contributed by atoms with Gasteiger partial charge in [0, 0.05) is 19.6 Å². The van der Waals surface area contributed by atoms with Crippen LogP contribution in [0, 0.1) is 5.92 Å². The van der Waals surface area contributed by atoms with E-state index in [1.165, 1.54) is 32.1 Å². The molecule has 21 heavy (non-hydrogen) atoms. The number of nitrogens with zero attached hydrogens (tertiary/aromatic N) is 1. The number of likely N-dealkylation sites (tertiary alicyclic amines) is 1. The molecular weight excluding hydrogens is 266 g/mol. The van der Waals surface area contributed by atoms with Crippen LogP contribution >= 0.6 is 0 Å². The summed E-state index contributed by atoms with van der Waals surface area (Å²) >= 11 is 0. The Kier molecular flexibility index (Phi) is 6.49. The number of amides is 2. The Morgan fingerprint density at radius 1 is 1.05 bits per heavy atom. The highest BCUT2D eigenvalue weighted by molar-refractivity contribution is 5.80. The first-order valence-corrected chi connectivity index (χ1v) is 8.42. The van der Waals surface area contributed by atoms with E-state index in [0.717, 1.165) is 25.8 Å². The van der Waals surface area contributed by atoms with Gasteiger partial charge in [-0.15, -0.1) is 0 Å². The summed E-state index contributed by atoms with van der Waals surface area (Å²) in [5.41, 5.74) is 0. The summed E-state index contributed by atoms with van der Waals surface area (Å²) in [6.45, 7) is 1.98. The van der Waals surface area contributed by atoms with E-state index in [4.69, 9.17) is 0 Å². The maximum absolute atomic E-state index is 12.2. The maximum atomic E-state index is 12.2. The molecule has 0 aromatic heterocycles. The number of hydrogen-bond donors (Lipinski definition) is 2. The van der Waals surface area contributed by atoms with E-state index in [2.05, 4.69) is 15.5 Å². The largest absolute Gasteiger partial charge is 0.359 e. The Morgan fingerprint density at radius 3 is 2.38 bits per heavy atom. The van der Waals surface area contributed by atoms with Crippen molar-refractivity contribution in [1.82, 2.24) is 15.5 Å². The van der Waals surface area contributed by atoms with Crippen LogP contribution in [0.3, 0.4) is 0 Å². The second-order valence-electron chi connectivity index (χ2n) is 6.44. The van der Waals surface area contributed by atoms with E-state index < -0.39 is 0 Å². The molecule has 1 atom stereocenters. The van der Waals surface area contributed by atoms with Gasteiger partial charge in [-0.1, -0.05) is 32.1 Å². The van der Waals surface area contributed by atoms with Gasteiger partial charge in [-0.05, 0) is 25.8 Å². The van der Waals surface area contributed by atoms with Crippen molar-refractivity contribution in [3.8, 4) is 0 Å². The first-order chi connectivity index (χ1) is 10.2. The second kappa shape index (κ2) is 8.37. The lowest BCUT2D eigenvalue weighted by Gasteiger charge is -2.23. The van der Waals surface area contributed by atoms with Gasteiger partial charge in [0.05, 0.1) is 12.5 Å². The zero-order chi connectivity index (χ0) is 15.1. The summed E-state index contributed by atoms with van der Waals surface area (Å²) in [5, 5.41) is 5.88. The zero-order valence-corrected chi connectivity index (χ0v) is 13.2. The predicted molar refractivity (Wildman–Crippen MR) is 82.9 cm³/mol. The normalized spacial score (nSPS) is 25.1. The third kappa shape index (κ3) is 5.30. The van der Waals surface area contributed by atoms with E-state index in [0.29, 0.717) is 19.1 Å². The average Bonchev–Trinajstić information content (AvgIpc) is 2.89. The molecule has 1 aliphatic carbocycles. The Hall–Kier alpha value is -1.10. The number of carbonyl (C=O) groups is 2. The summed E-state index contributed by atoms with van der Waals surface area (Å²) in [7, 11) is 1.67. The monoisotopic (exact) mass is 295 g/mol. The van der Waals surface area contributed by atoms with Crippen LogP contribution in [0.1, 0.15) is 51.4 Å². The van der Waals surface area contributed by atoms with Crippen LogP contribution in [0.15, 0.2) is 0 Å². The van der Waals surface area contributed by atoms with Gasteiger partial charge in [0.15, 0.2) is 0 Å². The van der Waals surface area contributed by atoms with Crippen LogP contribution in [0.2, 0.25) is 0 Å². The van der Waals surface area contributed by atoms with Gasteiger partial charge < -0.3 is 10.6 Å². The average molecular weight is 295 g/mol. The molecule has 2 amide bonds. The Labute approximate surface area is 127 Å². The molecular formula is C16H29N3O2. The van der Waals surface area contributed by atoms with Crippen molar-refractivity contribution in [2.24, 2.45) is 5.92 Å². The number of carbonyl (C=O) groups excluding carboxylic acids is 2. The third-order valence-corrected chi connectivity index (χ3v) is 4.73. The summed E-state index contributed by atoms with van der Waals surface area (Å²) in [6.07, 6.45) is 9.49. The molecule has 0 bridgehead atoms. The van der Waals surface area contributed by atoms with Crippen molar-refractivity contribution in [1.29, 1.82) is 0 Å². The lowest BCUT2D eigenvalue weighted by molar-refractivity contribution is -0.125. The predicted octanol–water partition coefficient (Wildman–Crippen LogP) is 1.28. The molecule has 2 fully saturated rings. The summed E-state index contributed by atoms with van der Waals surface area (Å²) in [6, 6.07) is 0.357.